The lowest BCUT2D eigenvalue weighted by Crippen LogP contribution is -1.97. The van der Waals surface area contributed by atoms with Gasteiger partial charge in [-0.25, -0.2) is 0 Å². The lowest BCUT2D eigenvalue weighted by Gasteiger charge is -2.15. The van der Waals surface area contributed by atoms with Gasteiger partial charge in [0.15, 0.2) is 23.0 Å². The van der Waals surface area contributed by atoms with E-state index in [4.69, 9.17) is 9.47 Å². The molecule has 0 aromatic heterocycles. The Labute approximate surface area is 290 Å². The quantitative estimate of drug-likeness (QED) is 0.0716. The van der Waals surface area contributed by atoms with Crippen LogP contribution in [0.25, 0.3) is 0 Å². The number of aromatic hydroxyl groups is 6. The molecule has 0 atom stereocenters. The Morgan fingerprint density at radius 1 is 0.340 bits per heavy atom. The standard InChI is InChI=1S/C42H38O8/c43-33-7-1-4-27(18-33)10-11-30-15-17-38(46)41(23-30)49-36-21-31(13-12-28-5-2-8-34(44)19-28)22-37(25-36)50-42-24-32(39(47)26-40(42)48)16-14-29-6-3-9-35(45)20-29/h1-9,15,17-26,43-48H,10-14,16H2. The van der Waals surface area contributed by atoms with Crippen LogP contribution < -0.4 is 9.47 Å². The lowest BCUT2D eigenvalue weighted by atomic mass is 10.0. The van der Waals surface area contributed by atoms with Crippen molar-refractivity contribution in [2.75, 3.05) is 0 Å². The number of ether oxygens (including phenoxy) is 2. The second-order valence-corrected chi connectivity index (χ2v) is 12.3. The van der Waals surface area contributed by atoms with Gasteiger partial charge in [0.05, 0.1) is 0 Å². The third-order valence-electron chi connectivity index (χ3n) is 8.40. The first-order valence-corrected chi connectivity index (χ1v) is 16.4. The first-order chi connectivity index (χ1) is 24.2. The van der Waals surface area contributed by atoms with Crippen LogP contribution >= 0.6 is 0 Å². The van der Waals surface area contributed by atoms with Gasteiger partial charge in [0.2, 0.25) is 0 Å². The van der Waals surface area contributed by atoms with Crippen LogP contribution in [0.3, 0.4) is 0 Å². The Kier molecular flexibility index (Phi) is 10.3. The molecule has 0 aliphatic heterocycles. The van der Waals surface area contributed by atoms with Crippen molar-refractivity contribution in [1.82, 2.24) is 0 Å². The highest BCUT2D eigenvalue weighted by molar-refractivity contribution is 5.53. The maximum Gasteiger partial charge on any atom is 0.169 e. The number of hydrogen-bond donors (Lipinski definition) is 6. The third kappa shape index (κ3) is 8.99. The molecule has 8 heteroatoms. The summed E-state index contributed by atoms with van der Waals surface area (Å²) in [6.45, 7) is 0. The maximum absolute atomic E-state index is 10.7. The van der Waals surface area contributed by atoms with Crippen LogP contribution in [-0.2, 0) is 38.5 Å². The van der Waals surface area contributed by atoms with E-state index in [1.165, 1.54) is 6.07 Å². The normalized spacial score (nSPS) is 11.0. The van der Waals surface area contributed by atoms with Gasteiger partial charge < -0.3 is 40.1 Å². The first-order valence-electron chi connectivity index (χ1n) is 16.4. The SMILES string of the molecule is Oc1cccc(CCc2cc(Oc3cc(CCc4cccc(O)c4)ccc3O)cc(Oc3cc(CCc4cccc(O)c4)c(O)cc3O)c2)c1. The van der Waals surface area contributed by atoms with E-state index in [1.807, 2.05) is 36.4 Å². The molecule has 0 fully saturated rings. The fraction of sp³-hybridized carbons (Fsp3) is 0.143. The van der Waals surface area contributed by atoms with E-state index in [-0.39, 0.29) is 46.0 Å². The van der Waals surface area contributed by atoms with Crippen LogP contribution in [0.4, 0.5) is 0 Å². The van der Waals surface area contributed by atoms with Gasteiger partial charge in [0.25, 0.3) is 0 Å². The number of phenolic OH excluding ortho intramolecular Hbond substituents is 6. The van der Waals surface area contributed by atoms with Crippen LogP contribution in [0.1, 0.15) is 33.4 Å². The predicted octanol–water partition coefficient (Wildman–Crippen LogP) is 8.86. The van der Waals surface area contributed by atoms with Crippen molar-refractivity contribution in [2.45, 2.75) is 38.5 Å². The smallest absolute Gasteiger partial charge is 0.169 e. The van der Waals surface area contributed by atoms with Gasteiger partial charge in [-0.15, -0.1) is 0 Å². The molecule has 6 N–H and O–H groups in total. The van der Waals surface area contributed by atoms with Gasteiger partial charge in [0.1, 0.15) is 34.5 Å². The van der Waals surface area contributed by atoms with Crippen molar-refractivity contribution < 1.29 is 40.1 Å². The number of phenols is 6. The van der Waals surface area contributed by atoms with E-state index < -0.39 is 0 Å². The van der Waals surface area contributed by atoms with E-state index in [2.05, 4.69) is 0 Å². The van der Waals surface area contributed by atoms with Crippen LogP contribution in [-0.4, -0.2) is 30.6 Å². The summed E-state index contributed by atoms with van der Waals surface area (Å²) in [6, 6.07) is 34.5. The zero-order valence-electron chi connectivity index (χ0n) is 27.3. The van der Waals surface area contributed by atoms with Crippen LogP contribution in [0.5, 0.6) is 57.5 Å². The third-order valence-corrected chi connectivity index (χ3v) is 8.40. The van der Waals surface area contributed by atoms with E-state index >= 15 is 0 Å². The first kappa shape index (κ1) is 33.6. The van der Waals surface area contributed by atoms with Crippen LogP contribution in [0.2, 0.25) is 0 Å². The number of aryl methyl sites for hydroxylation is 6. The summed E-state index contributed by atoms with van der Waals surface area (Å²) < 4.78 is 12.5. The summed E-state index contributed by atoms with van der Waals surface area (Å²) in [5, 5.41) is 61.6. The largest absolute Gasteiger partial charge is 0.508 e. The molecule has 6 rings (SSSR count). The molecule has 0 aliphatic carbocycles. The molecule has 6 aromatic rings. The zero-order chi connectivity index (χ0) is 35.0. The molecule has 0 radical (unpaired) electrons. The predicted molar refractivity (Wildman–Crippen MR) is 191 cm³/mol. The molecule has 0 spiro atoms. The summed E-state index contributed by atoms with van der Waals surface area (Å²) in [6.07, 6.45) is 3.52. The van der Waals surface area contributed by atoms with Gasteiger partial charge in [-0.3, -0.25) is 0 Å². The number of hydrogen-bond acceptors (Lipinski definition) is 8. The lowest BCUT2D eigenvalue weighted by molar-refractivity contribution is 0.395. The average molecular weight is 671 g/mol. The van der Waals surface area contributed by atoms with Crippen molar-refractivity contribution in [3.05, 3.63) is 155 Å². The molecular weight excluding hydrogens is 632 g/mol. The molecule has 0 saturated heterocycles. The highest BCUT2D eigenvalue weighted by Gasteiger charge is 2.15. The molecule has 8 nitrogen and oxygen atoms in total. The van der Waals surface area contributed by atoms with Gasteiger partial charge in [-0.2, -0.15) is 0 Å². The molecular formula is C42H38O8. The Morgan fingerprint density at radius 2 is 0.800 bits per heavy atom. The van der Waals surface area contributed by atoms with E-state index in [9.17, 15) is 30.6 Å². The highest BCUT2D eigenvalue weighted by atomic mass is 16.5. The number of rotatable bonds is 13. The minimum atomic E-state index is -0.242. The summed E-state index contributed by atoms with van der Waals surface area (Å²) in [5.74, 6) is 1.38. The second kappa shape index (κ2) is 15.3. The molecule has 0 saturated carbocycles. The Bertz CT molecular complexity index is 2110. The minimum absolute atomic E-state index is 0.0358. The maximum atomic E-state index is 10.7. The van der Waals surface area contributed by atoms with Crippen molar-refractivity contribution in [3.8, 4) is 57.5 Å². The molecule has 0 bridgehead atoms. The van der Waals surface area contributed by atoms with Crippen molar-refractivity contribution in [2.24, 2.45) is 0 Å². The van der Waals surface area contributed by atoms with Gasteiger partial charge >= 0.3 is 0 Å². The molecule has 0 aliphatic rings. The fourth-order valence-corrected chi connectivity index (χ4v) is 5.82. The van der Waals surface area contributed by atoms with E-state index in [0.29, 0.717) is 55.6 Å². The Morgan fingerprint density at radius 3 is 1.32 bits per heavy atom. The van der Waals surface area contributed by atoms with Crippen LogP contribution in [0, 0.1) is 0 Å². The molecule has 0 amide bonds. The molecule has 6 aromatic carbocycles. The van der Waals surface area contributed by atoms with Crippen molar-refractivity contribution in [3.63, 3.8) is 0 Å². The summed E-state index contributed by atoms with van der Waals surface area (Å²) in [5.41, 5.74) is 5.18. The Hall–Kier alpha value is -6.28. The highest BCUT2D eigenvalue weighted by Crippen LogP contribution is 2.40. The monoisotopic (exact) mass is 670 g/mol. The molecule has 254 valence electrons. The molecule has 50 heavy (non-hydrogen) atoms. The van der Waals surface area contributed by atoms with Gasteiger partial charge in [0, 0.05) is 12.1 Å². The van der Waals surface area contributed by atoms with Crippen molar-refractivity contribution >= 4 is 0 Å². The fourth-order valence-electron chi connectivity index (χ4n) is 5.82. The Balaban J connectivity index is 1.26. The summed E-state index contributed by atoms with van der Waals surface area (Å²) in [7, 11) is 0. The average Bonchev–Trinajstić information content (AvgIpc) is 3.08. The number of benzene rings is 6. The van der Waals surface area contributed by atoms with Crippen molar-refractivity contribution in [1.29, 1.82) is 0 Å². The van der Waals surface area contributed by atoms with Gasteiger partial charge in [-0.05, 0) is 139 Å². The zero-order valence-corrected chi connectivity index (χ0v) is 27.3. The minimum Gasteiger partial charge on any atom is -0.508 e. The van der Waals surface area contributed by atoms with E-state index in [0.717, 1.165) is 27.8 Å². The molecule has 0 unspecified atom stereocenters. The molecule has 0 heterocycles. The summed E-state index contributed by atoms with van der Waals surface area (Å²) in [4.78, 5) is 0. The van der Waals surface area contributed by atoms with E-state index in [1.54, 1.807) is 78.9 Å². The topological polar surface area (TPSA) is 140 Å². The second-order valence-electron chi connectivity index (χ2n) is 12.3. The van der Waals surface area contributed by atoms with Gasteiger partial charge in [-0.1, -0.05) is 42.5 Å². The van der Waals surface area contributed by atoms with Crippen LogP contribution in [0.15, 0.2) is 121 Å². The summed E-state index contributed by atoms with van der Waals surface area (Å²) >= 11 is 0.